The predicted octanol–water partition coefficient (Wildman–Crippen LogP) is 0.540. The Morgan fingerprint density at radius 2 is 1.55 bits per heavy atom. The highest BCUT2D eigenvalue weighted by atomic mass is 16.2. The van der Waals surface area contributed by atoms with Gasteiger partial charge in [0.2, 0.25) is 5.91 Å². The second-order valence-electron chi connectivity index (χ2n) is 2.91. The normalized spacial score (nSPS) is 11.2. The average molecular weight is 156 g/mol. The Morgan fingerprint density at radius 1 is 1.09 bits per heavy atom. The van der Waals surface area contributed by atoms with Gasteiger partial charge in [0, 0.05) is 40.0 Å². The Labute approximate surface area is 68.3 Å². The standard InChI is InChI=1S/C8H16N2O/c1-7(9(2)3)6-8(11)10(4)5/h6H,1-5H3/b7-6-. The lowest BCUT2D eigenvalue weighted by Gasteiger charge is -2.13. The van der Waals surface area contributed by atoms with Crippen molar-refractivity contribution in [3.63, 3.8) is 0 Å². The summed E-state index contributed by atoms with van der Waals surface area (Å²) in [6.07, 6.45) is 1.61. The summed E-state index contributed by atoms with van der Waals surface area (Å²) in [7, 11) is 7.30. The third-order valence-electron chi connectivity index (χ3n) is 1.48. The van der Waals surface area contributed by atoms with E-state index in [1.54, 1.807) is 25.1 Å². The van der Waals surface area contributed by atoms with E-state index in [1.165, 1.54) is 0 Å². The molecule has 0 saturated carbocycles. The minimum Gasteiger partial charge on any atom is -0.381 e. The van der Waals surface area contributed by atoms with Gasteiger partial charge in [0.25, 0.3) is 0 Å². The van der Waals surface area contributed by atoms with Crippen LogP contribution in [0.5, 0.6) is 0 Å². The highest BCUT2D eigenvalue weighted by Gasteiger charge is 2.00. The molecule has 0 saturated heterocycles. The maximum absolute atomic E-state index is 11.1. The van der Waals surface area contributed by atoms with E-state index in [0.29, 0.717) is 0 Å². The minimum atomic E-state index is 0.0243. The van der Waals surface area contributed by atoms with Crippen LogP contribution in [-0.2, 0) is 4.79 Å². The summed E-state index contributed by atoms with van der Waals surface area (Å²) in [6.45, 7) is 1.90. The van der Waals surface area contributed by atoms with Crippen LogP contribution in [0.15, 0.2) is 11.8 Å². The number of rotatable bonds is 2. The third kappa shape index (κ3) is 3.65. The van der Waals surface area contributed by atoms with Gasteiger partial charge in [-0.15, -0.1) is 0 Å². The van der Waals surface area contributed by atoms with Crippen LogP contribution in [0, 0.1) is 0 Å². The van der Waals surface area contributed by atoms with Crippen LogP contribution in [-0.4, -0.2) is 43.9 Å². The lowest BCUT2D eigenvalue weighted by Crippen LogP contribution is -2.21. The number of hydrogen-bond donors (Lipinski definition) is 0. The molecule has 3 nitrogen and oxygen atoms in total. The lowest BCUT2D eigenvalue weighted by molar-refractivity contribution is -0.123. The van der Waals surface area contributed by atoms with Crippen molar-refractivity contribution in [2.45, 2.75) is 6.92 Å². The summed E-state index contributed by atoms with van der Waals surface area (Å²) < 4.78 is 0. The Kier molecular flexibility index (Phi) is 3.65. The molecule has 0 atom stereocenters. The van der Waals surface area contributed by atoms with Gasteiger partial charge in [0.1, 0.15) is 0 Å². The molecule has 0 N–H and O–H groups in total. The zero-order valence-corrected chi connectivity index (χ0v) is 7.88. The molecule has 0 aliphatic carbocycles. The predicted molar refractivity (Wildman–Crippen MR) is 46.1 cm³/mol. The molecule has 0 unspecified atom stereocenters. The van der Waals surface area contributed by atoms with Crippen LogP contribution in [0.2, 0.25) is 0 Å². The molecule has 0 bridgehead atoms. The van der Waals surface area contributed by atoms with Crippen LogP contribution < -0.4 is 0 Å². The highest BCUT2D eigenvalue weighted by molar-refractivity contribution is 5.87. The number of hydrogen-bond acceptors (Lipinski definition) is 2. The average Bonchev–Trinajstić information content (AvgIpc) is 1.87. The SMILES string of the molecule is C/C(=C/C(=O)N(C)C)N(C)C. The molecule has 0 aromatic carbocycles. The third-order valence-corrected chi connectivity index (χ3v) is 1.48. The Balaban J connectivity index is 4.20. The first-order valence-corrected chi connectivity index (χ1v) is 3.52. The Bertz CT molecular complexity index is 171. The molecule has 0 aromatic rings. The molecule has 64 valence electrons. The van der Waals surface area contributed by atoms with E-state index >= 15 is 0 Å². The molecule has 0 heterocycles. The van der Waals surface area contributed by atoms with E-state index in [9.17, 15) is 4.79 Å². The van der Waals surface area contributed by atoms with Crippen molar-refractivity contribution in [3.05, 3.63) is 11.8 Å². The number of carbonyl (C=O) groups excluding carboxylic acids is 1. The zero-order chi connectivity index (χ0) is 9.02. The number of amides is 1. The number of carbonyl (C=O) groups is 1. The van der Waals surface area contributed by atoms with Gasteiger partial charge in [-0.05, 0) is 6.92 Å². The maximum atomic E-state index is 11.1. The zero-order valence-electron chi connectivity index (χ0n) is 7.88. The largest absolute Gasteiger partial charge is 0.381 e. The van der Waals surface area contributed by atoms with Gasteiger partial charge in [-0.3, -0.25) is 4.79 Å². The topological polar surface area (TPSA) is 23.6 Å². The van der Waals surface area contributed by atoms with E-state index in [4.69, 9.17) is 0 Å². The van der Waals surface area contributed by atoms with Crippen molar-refractivity contribution in [1.29, 1.82) is 0 Å². The van der Waals surface area contributed by atoms with Crippen molar-refractivity contribution in [3.8, 4) is 0 Å². The molecular weight excluding hydrogens is 140 g/mol. The van der Waals surface area contributed by atoms with E-state index in [-0.39, 0.29) is 5.91 Å². The smallest absolute Gasteiger partial charge is 0.247 e. The molecule has 0 rings (SSSR count). The summed E-state index contributed by atoms with van der Waals surface area (Å²) in [5.74, 6) is 0.0243. The van der Waals surface area contributed by atoms with Gasteiger partial charge in [0.15, 0.2) is 0 Å². The van der Waals surface area contributed by atoms with Crippen LogP contribution in [0.3, 0.4) is 0 Å². The maximum Gasteiger partial charge on any atom is 0.247 e. The first-order chi connectivity index (χ1) is 4.95. The van der Waals surface area contributed by atoms with Crippen molar-refractivity contribution in [2.75, 3.05) is 28.2 Å². The molecule has 0 fully saturated rings. The van der Waals surface area contributed by atoms with Gasteiger partial charge in [-0.2, -0.15) is 0 Å². The summed E-state index contributed by atoms with van der Waals surface area (Å²) in [5, 5.41) is 0. The van der Waals surface area contributed by atoms with E-state index in [1.807, 2.05) is 25.9 Å². The van der Waals surface area contributed by atoms with Crippen molar-refractivity contribution < 1.29 is 4.79 Å². The number of allylic oxidation sites excluding steroid dienone is 1. The second-order valence-corrected chi connectivity index (χ2v) is 2.91. The molecular formula is C8H16N2O. The molecule has 0 aromatic heterocycles. The summed E-state index contributed by atoms with van der Waals surface area (Å²) in [6, 6.07) is 0. The molecule has 0 aliphatic heterocycles. The number of nitrogens with zero attached hydrogens (tertiary/aromatic N) is 2. The molecule has 0 radical (unpaired) electrons. The van der Waals surface area contributed by atoms with Crippen molar-refractivity contribution >= 4 is 5.91 Å². The first-order valence-electron chi connectivity index (χ1n) is 3.52. The summed E-state index contributed by atoms with van der Waals surface area (Å²) in [4.78, 5) is 14.5. The van der Waals surface area contributed by atoms with Gasteiger partial charge >= 0.3 is 0 Å². The van der Waals surface area contributed by atoms with Crippen molar-refractivity contribution in [2.24, 2.45) is 0 Å². The van der Waals surface area contributed by atoms with Gasteiger partial charge in [-0.1, -0.05) is 0 Å². The van der Waals surface area contributed by atoms with Crippen molar-refractivity contribution in [1.82, 2.24) is 9.80 Å². The fourth-order valence-electron chi connectivity index (χ4n) is 0.437. The lowest BCUT2D eigenvalue weighted by atomic mass is 10.4. The molecule has 1 amide bonds. The van der Waals surface area contributed by atoms with Gasteiger partial charge in [0.05, 0.1) is 0 Å². The minimum absolute atomic E-state index is 0.0243. The fourth-order valence-corrected chi connectivity index (χ4v) is 0.437. The van der Waals surface area contributed by atoms with E-state index in [0.717, 1.165) is 5.70 Å². The van der Waals surface area contributed by atoms with Gasteiger partial charge < -0.3 is 9.80 Å². The van der Waals surface area contributed by atoms with Crippen LogP contribution in [0.4, 0.5) is 0 Å². The highest BCUT2D eigenvalue weighted by Crippen LogP contribution is 1.96. The summed E-state index contributed by atoms with van der Waals surface area (Å²) >= 11 is 0. The molecule has 0 aliphatic rings. The number of likely N-dealkylation sites (N-methyl/N-ethyl adjacent to an activating group) is 1. The fraction of sp³-hybridized carbons (Fsp3) is 0.625. The Morgan fingerprint density at radius 3 is 1.82 bits per heavy atom. The van der Waals surface area contributed by atoms with E-state index in [2.05, 4.69) is 0 Å². The molecule has 11 heavy (non-hydrogen) atoms. The quantitative estimate of drug-likeness (QED) is 0.545. The van der Waals surface area contributed by atoms with Crippen LogP contribution >= 0.6 is 0 Å². The monoisotopic (exact) mass is 156 g/mol. The van der Waals surface area contributed by atoms with Gasteiger partial charge in [-0.25, -0.2) is 0 Å². The first kappa shape index (κ1) is 10.0. The molecule has 3 heteroatoms. The summed E-state index contributed by atoms with van der Waals surface area (Å²) in [5.41, 5.74) is 0.962. The van der Waals surface area contributed by atoms with Crippen LogP contribution in [0.25, 0.3) is 0 Å². The molecule has 0 spiro atoms. The van der Waals surface area contributed by atoms with Crippen LogP contribution in [0.1, 0.15) is 6.92 Å². The Hall–Kier alpha value is -0.990. The second kappa shape index (κ2) is 4.01. The van der Waals surface area contributed by atoms with E-state index < -0.39 is 0 Å².